The van der Waals surface area contributed by atoms with Crippen LogP contribution in [-0.4, -0.2) is 36.3 Å². The number of hydrogen-bond donors (Lipinski definition) is 1. The molecule has 2 heterocycles. The van der Waals surface area contributed by atoms with E-state index in [1.54, 1.807) is 0 Å². The number of rotatable bonds is 5. The average Bonchev–Trinajstić information content (AvgIpc) is 2.92. The van der Waals surface area contributed by atoms with Gasteiger partial charge in [0.2, 0.25) is 15.9 Å². The number of amides is 1. The number of carbonyl (C=O) groups is 1. The van der Waals surface area contributed by atoms with Crippen molar-refractivity contribution in [2.75, 3.05) is 18.4 Å². The van der Waals surface area contributed by atoms with Crippen molar-refractivity contribution in [1.82, 2.24) is 8.87 Å². The van der Waals surface area contributed by atoms with Crippen molar-refractivity contribution in [1.29, 1.82) is 0 Å². The highest BCUT2D eigenvalue weighted by Gasteiger charge is 2.26. The summed E-state index contributed by atoms with van der Waals surface area (Å²) in [6.07, 6.45) is 3.53. The van der Waals surface area contributed by atoms with Crippen molar-refractivity contribution in [3.8, 4) is 0 Å². The summed E-state index contributed by atoms with van der Waals surface area (Å²) in [6.45, 7) is 0.373. The molecule has 1 fully saturated rings. The highest BCUT2D eigenvalue weighted by molar-refractivity contribution is 7.89. The molecule has 0 aliphatic carbocycles. The summed E-state index contributed by atoms with van der Waals surface area (Å²) in [5.41, 5.74) is 0.00860. The summed E-state index contributed by atoms with van der Waals surface area (Å²) in [5.74, 6) is -3.34. The van der Waals surface area contributed by atoms with Crippen LogP contribution in [0.4, 0.5) is 14.5 Å². The van der Waals surface area contributed by atoms with E-state index in [9.17, 15) is 26.8 Å². The van der Waals surface area contributed by atoms with Crippen LogP contribution >= 0.6 is 0 Å². The number of nitrogens with zero attached hydrogens (tertiary/aromatic N) is 2. The summed E-state index contributed by atoms with van der Waals surface area (Å²) in [6, 6.07) is 6.72. The summed E-state index contributed by atoms with van der Waals surface area (Å²) < 4.78 is 60.3. The van der Waals surface area contributed by atoms with Gasteiger partial charge in [-0.1, -0.05) is 12.8 Å². The number of benzene rings is 2. The Morgan fingerprint density at radius 3 is 2.44 bits per heavy atom. The lowest BCUT2D eigenvalue weighted by Crippen LogP contribution is -2.31. The number of oxazole rings is 1. The molecule has 4 rings (SSSR count). The Morgan fingerprint density at radius 2 is 1.75 bits per heavy atom. The highest BCUT2D eigenvalue weighted by Crippen LogP contribution is 2.24. The smallest absolute Gasteiger partial charge is 0.408 e. The molecule has 3 aromatic rings. The molecule has 1 aliphatic rings. The van der Waals surface area contributed by atoms with E-state index >= 15 is 0 Å². The van der Waals surface area contributed by atoms with E-state index in [0.717, 1.165) is 42.4 Å². The minimum atomic E-state index is -3.74. The first-order chi connectivity index (χ1) is 15.3. The predicted molar refractivity (Wildman–Crippen MR) is 113 cm³/mol. The SMILES string of the molecule is O=C(Cn1c(=O)oc2cc(S(=O)(=O)N3CCCCCC3)ccc21)Nc1ccc(F)cc1F. The van der Waals surface area contributed by atoms with Crippen LogP contribution in [-0.2, 0) is 21.4 Å². The fourth-order valence-corrected chi connectivity index (χ4v) is 5.25. The molecule has 2 aromatic carbocycles. The molecule has 170 valence electrons. The van der Waals surface area contributed by atoms with Crippen molar-refractivity contribution < 1.29 is 26.4 Å². The molecule has 0 atom stereocenters. The van der Waals surface area contributed by atoms with Gasteiger partial charge in [0.05, 0.1) is 16.1 Å². The Hall–Kier alpha value is -3.05. The first-order valence-electron chi connectivity index (χ1n) is 10.1. The molecule has 0 bridgehead atoms. The van der Waals surface area contributed by atoms with Crippen LogP contribution in [0.2, 0.25) is 0 Å². The van der Waals surface area contributed by atoms with Crippen LogP contribution < -0.4 is 11.1 Å². The second-order valence-corrected chi connectivity index (χ2v) is 9.51. The predicted octanol–water partition coefficient (Wildman–Crippen LogP) is 3.08. The normalized spacial score (nSPS) is 15.6. The first kappa shape index (κ1) is 22.2. The number of fused-ring (bicyclic) bond motifs is 1. The van der Waals surface area contributed by atoms with Crippen LogP contribution in [0, 0.1) is 11.6 Å². The van der Waals surface area contributed by atoms with Crippen molar-refractivity contribution >= 4 is 32.7 Å². The van der Waals surface area contributed by atoms with Gasteiger partial charge in [-0.2, -0.15) is 4.31 Å². The van der Waals surface area contributed by atoms with Gasteiger partial charge in [-0.15, -0.1) is 0 Å². The first-order valence-corrected chi connectivity index (χ1v) is 11.6. The summed E-state index contributed by atoms with van der Waals surface area (Å²) in [5, 5.41) is 2.27. The summed E-state index contributed by atoms with van der Waals surface area (Å²) >= 11 is 0. The molecule has 0 unspecified atom stereocenters. The Kier molecular flexibility index (Phi) is 6.11. The zero-order valence-electron chi connectivity index (χ0n) is 17.0. The third-order valence-corrected chi connectivity index (χ3v) is 7.24. The number of hydrogen-bond acceptors (Lipinski definition) is 5. The van der Waals surface area contributed by atoms with Gasteiger partial charge in [-0.25, -0.2) is 22.0 Å². The van der Waals surface area contributed by atoms with E-state index in [1.165, 1.54) is 22.5 Å². The van der Waals surface area contributed by atoms with E-state index in [4.69, 9.17) is 4.42 Å². The molecule has 0 radical (unpaired) electrons. The van der Waals surface area contributed by atoms with Gasteiger partial charge in [0, 0.05) is 25.2 Å². The lowest BCUT2D eigenvalue weighted by Gasteiger charge is -2.19. The van der Waals surface area contributed by atoms with Gasteiger partial charge in [0.15, 0.2) is 5.58 Å². The molecule has 0 spiro atoms. The number of halogens is 2. The Morgan fingerprint density at radius 1 is 1.03 bits per heavy atom. The topological polar surface area (TPSA) is 102 Å². The third-order valence-electron chi connectivity index (χ3n) is 5.35. The zero-order chi connectivity index (χ0) is 22.9. The van der Waals surface area contributed by atoms with Gasteiger partial charge in [-0.05, 0) is 37.1 Å². The largest absolute Gasteiger partial charge is 0.420 e. The Balaban J connectivity index is 1.58. The van der Waals surface area contributed by atoms with Crippen molar-refractivity contribution in [3.63, 3.8) is 0 Å². The van der Waals surface area contributed by atoms with Gasteiger partial charge < -0.3 is 9.73 Å². The van der Waals surface area contributed by atoms with Crippen molar-refractivity contribution in [2.45, 2.75) is 37.1 Å². The standard InChI is InChI=1S/C21H21F2N3O5S/c22-14-5-7-17(16(23)11-14)24-20(27)13-26-18-8-6-15(12-19(18)31-21(26)28)32(29,30)25-9-3-1-2-4-10-25/h5-8,11-12H,1-4,9-10,13H2,(H,24,27). The minimum Gasteiger partial charge on any atom is -0.408 e. The monoisotopic (exact) mass is 465 g/mol. The van der Waals surface area contributed by atoms with Gasteiger partial charge in [-0.3, -0.25) is 9.36 Å². The van der Waals surface area contributed by atoms with Gasteiger partial charge >= 0.3 is 5.76 Å². The van der Waals surface area contributed by atoms with Crippen molar-refractivity contribution in [3.05, 3.63) is 58.6 Å². The van der Waals surface area contributed by atoms with Crippen LogP contribution in [0.3, 0.4) is 0 Å². The van der Waals surface area contributed by atoms with E-state index < -0.39 is 39.9 Å². The fourth-order valence-electron chi connectivity index (χ4n) is 3.71. The number of aromatic nitrogens is 1. The van der Waals surface area contributed by atoms with Gasteiger partial charge in [0.25, 0.3) is 0 Å². The number of sulfonamides is 1. The maximum absolute atomic E-state index is 13.8. The molecule has 1 N–H and O–H groups in total. The van der Waals surface area contributed by atoms with Crippen LogP contribution in [0.5, 0.6) is 0 Å². The Labute approximate surface area is 182 Å². The number of carbonyl (C=O) groups excluding carboxylic acids is 1. The lowest BCUT2D eigenvalue weighted by molar-refractivity contribution is -0.116. The molecular formula is C21H21F2N3O5S. The number of anilines is 1. The summed E-state index contributed by atoms with van der Waals surface area (Å²) in [4.78, 5) is 24.6. The van der Waals surface area contributed by atoms with Crippen LogP contribution in [0.25, 0.3) is 11.1 Å². The molecular weight excluding hydrogens is 444 g/mol. The fraction of sp³-hybridized carbons (Fsp3) is 0.333. The third kappa shape index (κ3) is 4.44. The van der Waals surface area contributed by atoms with Crippen molar-refractivity contribution in [2.24, 2.45) is 0 Å². The maximum atomic E-state index is 13.8. The van der Waals surface area contributed by atoms with Crippen LogP contribution in [0.15, 0.2) is 50.5 Å². The van der Waals surface area contributed by atoms with Gasteiger partial charge in [0.1, 0.15) is 18.2 Å². The molecule has 1 amide bonds. The Bertz CT molecular complexity index is 1320. The number of nitrogens with one attached hydrogen (secondary N) is 1. The van der Waals surface area contributed by atoms with E-state index in [1.807, 2.05) is 0 Å². The van der Waals surface area contributed by atoms with E-state index in [2.05, 4.69) is 5.32 Å². The minimum absolute atomic E-state index is 0.00522. The molecule has 1 aliphatic heterocycles. The zero-order valence-corrected chi connectivity index (χ0v) is 17.8. The molecule has 11 heteroatoms. The summed E-state index contributed by atoms with van der Waals surface area (Å²) in [7, 11) is -3.74. The van der Waals surface area contributed by atoms with E-state index in [-0.39, 0.29) is 21.7 Å². The second-order valence-electron chi connectivity index (χ2n) is 7.57. The molecule has 0 saturated carbocycles. The maximum Gasteiger partial charge on any atom is 0.420 e. The molecule has 32 heavy (non-hydrogen) atoms. The quantitative estimate of drug-likeness (QED) is 0.624. The molecule has 1 saturated heterocycles. The highest BCUT2D eigenvalue weighted by atomic mass is 32.2. The second kappa shape index (κ2) is 8.83. The average molecular weight is 465 g/mol. The van der Waals surface area contributed by atoms with Crippen LogP contribution in [0.1, 0.15) is 25.7 Å². The lowest BCUT2D eigenvalue weighted by atomic mass is 10.2. The van der Waals surface area contributed by atoms with E-state index in [0.29, 0.717) is 19.2 Å². The molecule has 8 nitrogen and oxygen atoms in total. The molecule has 1 aromatic heterocycles.